The van der Waals surface area contributed by atoms with E-state index in [9.17, 15) is 13.2 Å². The van der Waals surface area contributed by atoms with Crippen molar-refractivity contribution in [3.05, 3.63) is 23.4 Å². The lowest BCUT2D eigenvalue weighted by atomic mass is 10.1. The summed E-state index contributed by atoms with van der Waals surface area (Å²) in [5.41, 5.74) is 1.30. The predicted octanol–water partition coefficient (Wildman–Crippen LogP) is 0.355. The van der Waals surface area contributed by atoms with Crippen molar-refractivity contribution in [2.75, 3.05) is 31.7 Å². The van der Waals surface area contributed by atoms with Gasteiger partial charge in [-0.15, -0.1) is 0 Å². The van der Waals surface area contributed by atoms with Gasteiger partial charge in [0.15, 0.2) is 0 Å². The van der Waals surface area contributed by atoms with Gasteiger partial charge in [-0.3, -0.25) is 4.79 Å². The molecule has 0 spiro atoms. The van der Waals surface area contributed by atoms with Crippen molar-refractivity contribution in [2.24, 2.45) is 0 Å². The van der Waals surface area contributed by atoms with Crippen LogP contribution in [-0.2, 0) is 16.4 Å². The van der Waals surface area contributed by atoms with E-state index in [1.165, 1.54) is 7.05 Å². The van der Waals surface area contributed by atoms with Crippen molar-refractivity contribution in [3.63, 3.8) is 0 Å². The third-order valence-electron chi connectivity index (χ3n) is 2.87. The highest BCUT2D eigenvalue weighted by atomic mass is 32.2. The topological polar surface area (TPSA) is 100 Å². The van der Waals surface area contributed by atoms with Gasteiger partial charge in [0.05, 0.1) is 5.75 Å². The monoisotopic (exact) mass is 314 g/mol. The van der Waals surface area contributed by atoms with Crippen LogP contribution in [0.15, 0.2) is 12.1 Å². The number of aryl methyl sites for hydroxylation is 1. The Kier molecular flexibility index (Phi) is 6.57. The number of rotatable bonds is 8. The highest BCUT2D eigenvalue weighted by Crippen LogP contribution is 2.11. The van der Waals surface area contributed by atoms with Gasteiger partial charge in [-0.2, -0.15) is 0 Å². The van der Waals surface area contributed by atoms with E-state index in [0.717, 1.165) is 18.5 Å². The number of nitrogens with zero attached hydrogens (tertiary/aromatic N) is 1. The fraction of sp³-hybridized carbons (Fsp3) is 0.538. The molecule has 0 aliphatic carbocycles. The van der Waals surface area contributed by atoms with Gasteiger partial charge in [-0.25, -0.2) is 18.1 Å². The molecule has 7 nitrogen and oxygen atoms in total. The molecule has 0 saturated heterocycles. The lowest BCUT2D eigenvalue weighted by Gasteiger charge is -2.09. The van der Waals surface area contributed by atoms with Gasteiger partial charge in [-0.05, 0) is 25.6 Å². The van der Waals surface area contributed by atoms with Crippen LogP contribution in [0.2, 0.25) is 0 Å². The minimum Gasteiger partial charge on any atom is -0.373 e. The number of carbonyl (C=O) groups excluding carboxylic acids is 1. The van der Waals surface area contributed by atoms with E-state index in [0.29, 0.717) is 11.4 Å². The molecule has 1 rings (SSSR count). The molecular formula is C13H22N4O3S. The zero-order valence-corrected chi connectivity index (χ0v) is 13.4. The summed E-state index contributed by atoms with van der Waals surface area (Å²) in [5.74, 6) is 0.160. The molecule has 0 aliphatic heterocycles. The van der Waals surface area contributed by atoms with Gasteiger partial charge in [0.25, 0.3) is 5.91 Å². The first-order valence-electron chi connectivity index (χ1n) is 6.80. The molecule has 0 unspecified atom stereocenters. The number of anilines is 1. The number of nitrogens with one attached hydrogen (secondary N) is 3. The number of pyridine rings is 1. The number of carbonyl (C=O) groups is 1. The van der Waals surface area contributed by atoms with Crippen LogP contribution in [0.1, 0.15) is 29.4 Å². The Bertz CT molecular complexity index is 587. The normalized spacial score (nSPS) is 11.2. The molecule has 0 fully saturated rings. The van der Waals surface area contributed by atoms with Gasteiger partial charge in [0.2, 0.25) is 10.0 Å². The number of amides is 1. The van der Waals surface area contributed by atoms with Crippen LogP contribution in [0, 0.1) is 0 Å². The molecule has 8 heteroatoms. The summed E-state index contributed by atoms with van der Waals surface area (Å²) in [6.45, 7) is 2.10. The molecule has 0 atom stereocenters. The van der Waals surface area contributed by atoms with Gasteiger partial charge in [-0.1, -0.05) is 13.3 Å². The largest absolute Gasteiger partial charge is 0.373 e. The molecule has 0 saturated carbocycles. The third-order valence-corrected chi connectivity index (χ3v) is 4.23. The predicted molar refractivity (Wildman–Crippen MR) is 83.0 cm³/mol. The van der Waals surface area contributed by atoms with Crippen molar-refractivity contribution in [1.82, 2.24) is 15.0 Å². The maximum absolute atomic E-state index is 12.1. The second kappa shape index (κ2) is 7.94. The van der Waals surface area contributed by atoms with E-state index < -0.39 is 10.0 Å². The third kappa shape index (κ3) is 5.68. The molecule has 0 bridgehead atoms. The molecule has 0 aliphatic rings. The molecule has 1 heterocycles. The first-order valence-corrected chi connectivity index (χ1v) is 8.45. The van der Waals surface area contributed by atoms with E-state index in [4.69, 9.17) is 0 Å². The van der Waals surface area contributed by atoms with Crippen LogP contribution in [0.4, 0.5) is 5.82 Å². The van der Waals surface area contributed by atoms with Crippen molar-refractivity contribution < 1.29 is 13.2 Å². The van der Waals surface area contributed by atoms with Gasteiger partial charge >= 0.3 is 0 Å². The first kappa shape index (κ1) is 17.4. The maximum atomic E-state index is 12.1. The van der Waals surface area contributed by atoms with Gasteiger partial charge in [0, 0.05) is 24.8 Å². The Morgan fingerprint density at radius 2 is 2.00 bits per heavy atom. The second-order valence-corrected chi connectivity index (χ2v) is 6.56. The summed E-state index contributed by atoms with van der Waals surface area (Å²) < 4.78 is 24.7. The van der Waals surface area contributed by atoms with Crippen LogP contribution >= 0.6 is 0 Å². The summed E-state index contributed by atoms with van der Waals surface area (Å²) in [4.78, 5) is 16.4. The molecule has 0 aromatic carbocycles. The Labute approximate surface area is 125 Å². The van der Waals surface area contributed by atoms with E-state index in [1.54, 1.807) is 19.2 Å². The van der Waals surface area contributed by atoms with Crippen molar-refractivity contribution in [2.45, 2.75) is 19.8 Å². The zero-order chi connectivity index (χ0) is 15.9. The lowest BCUT2D eigenvalue weighted by Crippen LogP contribution is -2.33. The van der Waals surface area contributed by atoms with Crippen LogP contribution in [0.3, 0.4) is 0 Å². The Morgan fingerprint density at radius 3 is 2.57 bits per heavy atom. The lowest BCUT2D eigenvalue weighted by molar-refractivity contribution is 0.0956. The standard InChI is InChI=1S/C13H22N4O3S/c1-4-5-11-8-10(9-12(14-2)17-11)13(18)16-6-7-21(19,20)15-3/h8-9,15H,4-7H2,1-3H3,(H,14,17)(H,16,18). The SMILES string of the molecule is CCCc1cc(C(=O)NCCS(=O)(=O)NC)cc(NC)n1. The summed E-state index contributed by atoms with van der Waals surface area (Å²) in [6.07, 6.45) is 1.71. The number of hydrogen-bond acceptors (Lipinski definition) is 5. The van der Waals surface area contributed by atoms with E-state index in [2.05, 4.69) is 20.3 Å². The molecule has 21 heavy (non-hydrogen) atoms. The maximum Gasteiger partial charge on any atom is 0.251 e. The summed E-state index contributed by atoms with van der Waals surface area (Å²) in [7, 11) is -0.238. The van der Waals surface area contributed by atoms with E-state index in [-0.39, 0.29) is 18.2 Å². The average Bonchev–Trinajstić information content (AvgIpc) is 2.47. The number of hydrogen-bond donors (Lipinski definition) is 3. The Hall–Kier alpha value is -1.67. The van der Waals surface area contributed by atoms with Crippen molar-refractivity contribution in [1.29, 1.82) is 0 Å². The highest BCUT2D eigenvalue weighted by molar-refractivity contribution is 7.89. The van der Waals surface area contributed by atoms with Gasteiger partial charge in [0.1, 0.15) is 5.82 Å². The Balaban J connectivity index is 2.75. The number of aromatic nitrogens is 1. The summed E-state index contributed by atoms with van der Waals surface area (Å²) in [6, 6.07) is 3.37. The van der Waals surface area contributed by atoms with Crippen molar-refractivity contribution >= 4 is 21.7 Å². The number of sulfonamides is 1. The average molecular weight is 314 g/mol. The first-order chi connectivity index (χ1) is 9.91. The van der Waals surface area contributed by atoms with E-state index in [1.807, 2.05) is 6.92 Å². The highest BCUT2D eigenvalue weighted by Gasteiger charge is 2.11. The molecular weight excluding hydrogens is 292 g/mol. The van der Waals surface area contributed by atoms with Crippen LogP contribution in [0.25, 0.3) is 0 Å². The minimum absolute atomic E-state index is 0.0579. The second-order valence-electron chi connectivity index (χ2n) is 4.51. The van der Waals surface area contributed by atoms with Gasteiger partial charge < -0.3 is 10.6 Å². The molecule has 3 N–H and O–H groups in total. The molecule has 118 valence electrons. The fourth-order valence-electron chi connectivity index (χ4n) is 1.73. The van der Waals surface area contributed by atoms with Crippen molar-refractivity contribution in [3.8, 4) is 0 Å². The molecule has 1 aromatic rings. The Morgan fingerprint density at radius 1 is 1.29 bits per heavy atom. The van der Waals surface area contributed by atoms with Crippen LogP contribution in [-0.4, -0.2) is 45.7 Å². The zero-order valence-electron chi connectivity index (χ0n) is 12.6. The fourth-order valence-corrected chi connectivity index (χ4v) is 2.31. The van der Waals surface area contributed by atoms with Crippen LogP contribution < -0.4 is 15.4 Å². The van der Waals surface area contributed by atoms with E-state index >= 15 is 0 Å². The molecule has 1 aromatic heterocycles. The smallest absolute Gasteiger partial charge is 0.251 e. The molecule has 1 amide bonds. The van der Waals surface area contributed by atoms with Crippen LogP contribution in [0.5, 0.6) is 0 Å². The molecule has 0 radical (unpaired) electrons. The summed E-state index contributed by atoms with van der Waals surface area (Å²) in [5, 5.41) is 5.51. The summed E-state index contributed by atoms with van der Waals surface area (Å²) >= 11 is 0. The minimum atomic E-state index is -3.32. The quantitative estimate of drug-likeness (QED) is 0.643.